The van der Waals surface area contributed by atoms with Gasteiger partial charge in [0.2, 0.25) is 5.75 Å². The van der Waals surface area contributed by atoms with Gasteiger partial charge >= 0.3 is 12.0 Å². The molecule has 0 atom stereocenters. The van der Waals surface area contributed by atoms with E-state index in [0.717, 1.165) is 13.0 Å². The van der Waals surface area contributed by atoms with Crippen LogP contribution in [0.15, 0.2) is 17.0 Å². The molecule has 0 heterocycles. The average Bonchev–Trinajstić information content (AvgIpc) is 2.11. The van der Waals surface area contributed by atoms with Crippen LogP contribution < -0.4 is 4.74 Å². The number of nitro groups is 1. The van der Waals surface area contributed by atoms with Gasteiger partial charge in [-0.3, -0.25) is 10.1 Å². The van der Waals surface area contributed by atoms with Gasteiger partial charge in [0.1, 0.15) is 4.90 Å². The van der Waals surface area contributed by atoms with Crippen molar-refractivity contribution < 1.29 is 31.2 Å². The van der Waals surface area contributed by atoms with Crippen LogP contribution in [0.25, 0.3) is 0 Å². The van der Waals surface area contributed by atoms with E-state index in [9.17, 15) is 31.7 Å². The maximum Gasteiger partial charge on any atom is 0.573 e. The summed E-state index contributed by atoms with van der Waals surface area (Å²) in [6, 6.07) is 1.65. The van der Waals surface area contributed by atoms with Gasteiger partial charge in [-0.05, 0) is 12.5 Å². The van der Waals surface area contributed by atoms with E-state index in [1.54, 1.807) is 0 Å². The van der Waals surface area contributed by atoms with Crippen LogP contribution in [-0.2, 0) is 9.05 Å². The Kier molecular flexibility index (Phi) is 3.96. The van der Waals surface area contributed by atoms with E-state index in [0.29, 0.717) is 6.07 Å². The summed E-state index contributed by atoms with van der Waals surface area (Å²) in [6.45, 7) is 1.13. The van der Waals surface area contributed by atoms with Crippen LogP contribution in [0, 0.1) is 17.0 Å². The van der Waals surface area contributed by atoms with Crippen molar-refractivity contribution in [3.8, 4) is 5.75 Å². The Morgan fingerprint density at radius 1 is 1.37 bits per heavy atom. The van der Waals surface area contributed by atoms with E-state index in [2.05, 4.69) is 4.74 Å². The highest BCUT2D eigenvalue weighted by molar-refractivity contribution is 8.13. The second-order valence-electron chi connectivity index (χ2n) is 3.30. The zero-order valence-corrected chi connectivity index (χ0v) is 10.6. The van der Waals surface area contributed by atoms with Crippen LogP contribution in [0.4, 0.5) is 18.9 Å². The second kappa shape index (κ2) is 4.85. The number of nitrogens with zero attached hydrogens (tertiary/aromatic N) is 1. The standard InChI is InChI=1S/C8H5ClF3NO5S/c1-4-2-3-5(13(14)15)6(18-8(10,11)12)7(4)19(9,16)17/h2-3H,1H3. The maximum absolute atomic E-state index is 12.2. The van der Waals surface area contributed by atoms with Crippen molar-refractivity contribution in [2.45, 2.75) is 18.2 Å². The molecule has 0 saturated heterocycles. The average molecular weight is 320 g/mol. The number of ether oxygens (including phenoxy) is 1. The maximum atomic E-state index is 12.2. The van der Waals surface area contributed by atoms with E-state index in [-0.39, 0.29) is 5.56 Å². The first kappa shape index (κ1) is 15.5. The number of nitro benzene ring substituents is 1. The molecule has 0 amide bonds. The molecule has 6 nitrogen and oxygen atoms in total. The van der Waals surface area contributed by atoms with Crippen molar-refractivity contribution >= 4 is 25.4 Å². The molecule has 1 aromatic carbocycles. The molecular weight excluding hydrogens is 315 g/mol. The van der Waals surface area contributed by atoms with Gasteiger partial charge in [0.05, 0.1) is 4.92 Å². The summed E-state index contributed by atoms with van der Waals surface area (Å²) in [7, 11) is 0.327. The number of rotatable bonds is 3. The fourth-order valence-electron chi connectivity index (χ4n) is 1.31. The molecule has 11 heteroatoms. The molecule has 19 heavy (non-hydrogen) atoms. The van der Waals surface area contributed by atoms with Gasteiger partial charge in [-0.15, -0.1) is 13.2 Å². The summed E-state index contributed by atoms with van der Waals surface area (Å²) in [5, 5.41) is 10.6. The molecule has 0 N–H and O–H groups in total. The molecule has 0 spiro atoms. The predicted octanol–water partition coefficient (Wildman–Crippen LogP) is 2.73. The smallest absolute Gasteiger partial charge is 0.397 e. The van der Waals surface area contributed by atoms with Gasteiger partial charge in [0.25, 0.3) is 9.05 Å². The van der Waals surface area contributed by atoms with Gasteiger partial charge in [-0.1, -0.05) is 6.07 Å². The fourth-order valence-corrected chi connectivity index (χ4v) is 2.71. The largest absolute Gasteiger partial charge is 0.573 e. The Hall–Kier alpha value is -1.55. The molecule has 0 fully saturated rings. The molecule has 0 aliphatic rings. The monoisotopic (exact) mass is 319 g/mol. The van der Waals surface area contributed by atoms with Crippen molar-refractivity contribution in [3.63, 3.8) is 0 Å². The normalized spacial score (nSPS) is 12.3. The number of halogens is 4. The zero-order valence-electron chi connectivity index (χ0n) is 9.06. The minimum Gasteiger partial charge on any atom is -0.397 e. The van der Waals surface area contributed by atoms with E-state index < -0.39 is 36.7 Å². The molecule has 0 bridgehead atoms. The first-order valence-corrected chi connectivity index (χ1v) is 6.73. The van der Waals surface area contributed by atoms with Gasteiger partial charge < -0.3 is 4.74 Å². The third-order valence-corrected chi connectivity index (χ3v) is 3.40. The molecule has 0 aliphatic heterocycles. The molecule has 106 valence electrons. The molecule has 0 unspecified atom stereocenters. The molecular formula is C8H5ClF3NO5S. The molecule has 0 saturated carbocycles. The van der Waals surface area contributed by atoms with Gasteiger partial charge in [-0.25, -0.2) is 8.42 Å². The topological polar surface area (TPSA) is 86.5 Å². The molecule has 0 aromatic heterocycles. The Bertz CT molecular complexity index is 628. The lowest BCUT2D eigenvalue weighted by Gasteiger charge is -2.13. The second-order valence-corrected chi connectivity index (χ2v) is 5.81. The number of benzene rings is 1. The van der Waals surface area contributed by atoms with E-state index in [4.69, 9.17) is 10.7 Å². The van der Waals surface area contributed by atoms with Crippen molar-refractivity contribution in [1.29, 1.82) is 0 Å². The van der Waals surface area contributed by atoms with Gasteiger partial charge in [0, 0.05) is 16.7 Å². The lowest BCUT2D eigenvalue weighted by atomic mass is 10.2. The lowest BCUT2D eigenvalue weighted by Crippen LogP contribution is -2.19. The molecule has 0 aliphatic carbocycles. The van der Waals surface area contributed by atoms with Crippen molar-refractivity contribution in [2.75, 3.05) is 0 Å². The summed E-state index contributed by atoms with van der Waals surface area (Å²) in [4.78, 5) is 8.33. The molecule has 0 radical (unpaired) electrons. The highest BCUT2D eigenvalue weighted by atomic mass is 35.7. The van der Waals surface area contributed by atoms with Crippen LogP contribution >= 0.6 is 10.7 Å². The van der Waals surface area contributed by atoms with Crippen LogP contribution in [-0.4, -0.2) is 19.7 Å². The Morgan fingerprint density at radius 2 is 1.89 bits per heavy atom. The summed E-state index contributed by atoms with van der Waals surface area (Å²) in [5.74, 6) is -1.45. The first-order chi connectivity index (χ1) is 8.43. The van der Waals surface area contributed by atoms with E-state index in [1.807, 2.05) is 0 Å². The van der Waals surface area contributed by atoms with E-state index in [1.165, 1.54) is 0 Å². The Balaban J connectivity index is 3.70. The Labute approximate surface area is 109 Å². The van der Waals surface area contributed by atoms with Crippen molar-refractivity contribution in [2.24, 2.45) is 0 Å². The predicted molar refractivity (Wildman–Crippen MR) is 57.6 cm³/mol. The van der Waals surface area contributed by atoms with Gasteiger partial charge in [-0.2, -0.15) is 0 Å². The SMILES string of the molecule is Cc1ccc([N+](=O)[O-])c(OC(F)(F)F)c1S(=O)(=O)Cl. The lowest BCUT2D eigenvalue weighted by molar-refractivity contribution is -0.389. The number of hydrogen-bond donors (Lipinski definition) is 0. The van der Waals surface area contributed by atoms with Crippen LogP contribution in [0.2, 0.25) is 0 Å². The Morgan fingerprint density at radius 3 is 2.26 bits per heavy atom. The minimum absolute atomic E-state index is 0.208. The van der Waals surface area contributed by atoms with Crippen molar-refractivity contribution in [3.05, 3.63) is 27.8 Å². The first-order valence-electron chi connectivity index (χ1n) is 4.42. The summed E-state index contributed by atoms with van der Waals surface area (Å²) < 4.78 is 62.5. The number of hydrogen-bond acceptors (Lipinski definition) is 5. The molecule has 1 aromatic rings. The third kappa shape index (κ3) is 3.70. The van der Waals surface area contributed by atoms with Crippen LogP contribution in [0.3, 0.4) is 0 Å². The van der Waals surface area contributed by atoms with Crippen LogP contribution in [0.5, 0.6) is 5.75 Å². The minimum atomic E-state index is -5.30. The van der Waals surface area contributed by atoms with E-state index >= 15 is 0 Å². The highest BCUT2D eigenvalue weighted by Crippen LogP contribution is 2.40. The number of alkyl halides is 3. The quantitative estimate of drug-likeness (QED) is 0.485. The molecule has 1 rings (SSSR count). The summed E-state index contributed by atoms with van der Waals surface area (Å²) in [5.41, 5.74) is -1.36. The zero-order chi connectivity index (χ0) is 15.0. The summed E-state index contributed by atoms with van der Waals surface area (Å²) >= 11 is 0. The van der Waals surface area contributed by atoms with Gasteiger partial charge in [0.15, 0.2) is 0 Å². The highest BCUT2D eigenvalue weighted by Gasteiger charge is 2.38. The number of aryl methyl sites for hydroxylation is 1. The summed E-state index contributed by atoms with van der Waals surface area (Å²) in [6.07, 6.45) is -5.30. The third-order valence-electron chi connectivity index (χ3n) is 1.95. The van der Waals surface area contributed by atoms with Crippen molar-refractivity contribution in [1.82, 2.24) is 0 Å². The van der Waals surface area contributed by atoms with Crippen LogP contribution in [0.1, 0.15) is 5.56 Å². The fraction of sp³-hybridized carbons (Fsp3) is 0.250.